The van der Waals surface area contributed by atoms with Crippen molar-refractivity contribution in [1.29, 1.82) is 0 Å². The zero-order chi connectivity index (χ0) is 11.6. The molecular formula is C10H19N3OS. The molecule has 0 spiro atoms. The highest BCUT2D eigenvalue weighted by molar-refractivity contribution is 7.99. The summed E-state index contributed by atoms with van der Waals surface area (Å²) in [5.41, 5.74) is 6.08. The Balaban J connectivity index is 2.76. The van der Waals surface area contributed by atoms with Crippen LogP contribution >= 0.6 is 11.8 Å². The van der Waals surface area contributed by atoms with Crippen molar-refractivity contribution in [3.8, 4) is 0 Å². The predicted molar refractivity (Wildman–Crippen MR) is 61.8 cm³/mol. The van der Waals surface area contributed by atoms with Crippen molar-refractivity contribution in [2.75, 3.05) is 0 Å². The molecule has 0 radical (unpaired) electrons. The lowest BCUT2D eigenvalue weighted by Crippen LogP contribution is -2.38. The molecule has 2 atom stereocenters. The summed E-state index contributed by atoms with van der Waals surface area (Å²) in [6.45, 7) is 10.3. The third-order valence-electron chi connectivity index (χ3n) is 2.07. The number of rotatable bonds is 3. The fourth-order valence-electron chi connectivity index (χ4n) is 1.51. The van der Waals surface area contributed by atoms with Crippen molar-refractivity contribution < 1.29 is 4.42 Å². The number of nitrogens with two attached hydrogens (primary N) is 1. The maximum atomic E-state index is 5.97. The van der Waals surface area contributed by atoms with Crippen molar-refractivity contribution in [2.45, 2.75) is 51.1 Å². The second kappa shape index (κ2) is 4.53. The number of hydrogen-bond acceptors (Lipinski definition) is 5. The average molecular weight is 229 g/mol. The molecule has 0 aliphatic rings. The third-order valence-corrected chi connectivity index (χ3v) is 3.82. The first-order valence-corrected chi connectivity index (χ1v) is 5.91. The van der Waals surface area contributed by atoms with E-state index in [2.05, 4.69) is 31.0 Å². The van der Waals surface area contributed by atoms with Crippen molar-refractivity contribution in [3.05, 3.63) is 5.89 Å². The highest BCUT2D eigenvalue weighted by Gasteiger charge is 2.30. The molecule has 15 heavy (non-hydrogen) atoms. The van der Waals surface area contributed by atoms with E-state index in [1.54, 1.807) is 18.7 Å². The van der Waals surface area contributed by atoms with Gasteiger partial charge in [-0.1, -0.05) is 32.5 Å². The van der Waals surface area contributed by atoms with E-state index in [1.165, 1.54) is 0 Å². The Morgan fingerprint density at radius 2 is 1.93 bits per heavy atom. The van der Waals surface area contributed by atoms with Crippen LogP contribution in [0.3, 0.4) is 0 Å². The number of aryl methyl sites for hydroxylation is 1. The van der Waals surface area contributed by atoms with Gasteiger partial charge in [-0.05, 0) is 12.3 Å². The zero-order valence-electron chi connectivity index (χ0n) is 9.94. The van der Waals surface area contributed by atoms with Gasteiger partial charge in [-0.2, -0.15) is 0 Å². The highest BCUT2D eigenvalue weighted by Crippen LogP contribution is 2.36. The number of aromatic nitrogens is 2. The minimum atomic E-state index is 0.0854. The molecule has 0 aliphatic carbocycles. The van der Waals surface area contributed by atoms with Crippen molar-refractivity contribution in [2.24, 2.45) is 11.1 Å². The standard InChI is InChI=1S/C10H19N3OS/c1-6(11)8(10(3,4)5)15-9-13-12-7(2)14-9/h6,8H,11H2,1-5H3. The lowest BCUT2D eigenvalue weighted by Gasteiger charge is -2.31. The summed E-state index contributed by atoms with van der Waals surface area (Å²) >= 11 is 1.56. The van der Waals surface area contributed by atoms with E-state index in [-0.39, 0.29) is 16.7 Å². The Bertz CT molecular complexity index is 317. The molecule has 86 valence electrons. The minimum Gasteiger partial charge on any atom is -0.416 e. The molecule has 5 heteroatoms. The molecule has 1 aromatic heterocycles. The molecule has 4 nitrogen and oxygen atoms in total. The molecule has 0 amide bonds. The lowest BCUT2D eigenvalue weighted by atomic mass is 9.88. The van der Waals surface area contributed by atoms with Gasteiger partial charge in [0.1, 0.15) is 0 Å². The van der Waals surface area contributed by atoms with Crippen molar-refractivity contribution in [3.63, 3.8) is 0 Å². The van der Waals surface area contributed by atoms with E-state index in [0.717, 1.165) is 0 Å². The van der Waals surface area contributed by atoms with Crippen LogP contribution in [0.4, 0.5) is 0 Å². The van der Waals surface area contributed by atoms with Crippen molar-refractivity contribution >= 4 is 11.8 Å². The number of thioether (sulfide) groups is 1. The Labute approximate surface area is 95.0 Å². The minimum absolute atomic E-state index is 0.0854. The van der Waals surface area contributed by atoms with E-state index in [0.29, 0.717) is 11.1 Å². The van der Waals surface area contributed by atoms with E-state index in [4.69, 9.17) is 10.2 Å². The lowest BCUT2D eigenvalue weighted by molar-refractivity contribution is 0.357. The maximum Gasteiger partial charge on any atom is 0.276 e. The molecule has 0 fully saturated rings. The summed E-state index contributed by atoms with van der Waals surface area (Å²) in [5, 5.41) is 8.64. The largest absolute Gasteiger partial charge is 0.416 e. The topological polar surface area (TPSA) is 64.9 Å². The normalized spacial score (nSPS) is 16.4. The smallest absolute Gasteiger partial charge is 0.276 e. The first kappa shape index (κ1) is 12.5. The Hall–Kier alpha value is -0.550. The van der Waals surface area contributed by atoms with Gasteiger partial charge in [0.25, 0.3) is 5.22 Å². The van der Waals surface area contributed by atoms with Gasteiger partial charge in [0.2, 0.25) is 5.89 Å². The van der Waals surface area contributed by atoms with Crippen LogP contribution < -0.4 is 5.73 Å². The van der Waals surface area contributed by atoms with Gasteiger partial charge < -0.3 is 10.2 Å². The van der Waals surface area contributed by atoms with Gasteiger partial charge in [-0.3, -0.25) is 0 Å². The molecule has 1 rings (SSSR count). The molecule has 0 aliphatic heterocycles. The van der Waals surface area contributed by atoms with Crippen LogP contribution in [-0.2, 0) is 0 Å². The quantitative estimate of drug-likeness (QED) is 0.805. The first-order chi connectivity index (χ1) is 6.80. The van der Waals surface area contributed by atoms with Crippen LogP contribution in [0.25, 0.3) is 0 Å². The van der Waals surface area contributed by atoms with Gasteiger partial charge in [0, 0.05) is 18.2 Å². The number of nitrogens with zero attached hydrogens (tertiary/aromatic N) is 2. The zero-order valence-corrected chi connectivity index (χ0v) is 10.8. The van der Waals surface area contributed by atoms with Crippen LogP contribution in [0.2, 0.25) is 0 Å². The van der Waals surface area contributed by atoms with Gasteiger partial charge in [0.05, 0.1) is 0 Å². The molecule has 0 saturated carbocycles. The van der Waals surface area contributed by atoms with Crippen molar-refractivity contribution in [1.82, 2.24) is 10.2 Å². The molecule has 1 heterocycles. The SMILES string of the molecule is Cc1nnc(SC(C(C)N)C(C)(C)C)o1. The fraction of sp³-hybridized carbons (Fsp3) is 0.800. The molecule has 0 aromatic carbocycles. The van der Waals surface area contributed by atoms with E-state index in [1.807, 2.05) is 6.92 Å². The Morgan fingerprint density at radius 1 is 1.33 bits per heavy atom. The fourth-order valence-corrected chi connectivity index (χ4v) is 2.55. The van der Waals surface area contributed by atoms with Gasteiger partial charge in [-0.25, -0.2) is 0 Å². The molecule has 0 bridgehead atoms. The summed E-state index contributed by atoms with van der Waals surface area (Å²) in [6.07, 6.45) is 0. The molecule has 1 aromatic rings. The summed E-state index contributed by atoms with van der Waals surface area (Å²) in [6, 6.07) is 0.0854. The predicted octanol–water partition coefficient (Wildman–Crippen LogP) is 2.23. The molecule has 2 N–H and O–H groups in total. The summed E-state index contributed by atoms with van der Waals surface area (Å²) < 4.78 is 5.34. The second-order valence-corrected chi connectivity index (χ2v) is 5.94. The van der Waals surface area contributed by atoms with E-state index < -0.39 is 0 Å². The number of hydrogen-bond donors (Lipinski definition) is 1. The van der Waals surface area contributed by atoms with Gasteiger partial charge in [-0.15, -0.1) is 10.2 Å². The summed E-state index contributed by atoms with van der Waals surface area (Å²) in [4.78, 5) is 0. The Morgan fingerprint density at radius 3 is 2.27 bits per heavy atom. The second-order valence-electron chi connectivity index (χ2n) is 4.85. The van der Waals surface area contributed by atoms with Gasteiger partial charge >= 0.3 is 0 Å². The first-order valence-electron chi connectivity index (χ1n) is 5.03. The van der Waals surface area contributed by atoms with Crippen LogP contribution in [0, 0.1) is 12.3 Å². The summed E-state index contributed by atoms with van der Waals surface area (Å²) in [7, 11) is 0. The molecule has 0 saturated heterocycles. The van der Waals surface area contributed by atoms with Crippen LogP contribution in [0.15, 0.2) is 9.64 Å². The maximum absolute atomic E-state index is 5.97. The van der Waals surface area contributed by atoms with Gasteiger partial charge in [0.15, 0.2) is 0 Å². The third kappa shape index (κ3) is 3.50. The monoisotopic (exact) mass is 229 g/mol. The van der Waals surface area contributed by atoms with Crippen LogP contribution in [0.1, 0.15) is 33.6 Å². The average Bonchev–Trinajstić information content (AvgIpc) is 2.44. The van der Waals surface area contributed by atoms with E-state index >= 15 is 0 Å². The van der Waals surface area contributed by atoms with Crippen LogP contribution in [-0.4, -0.2) is 21.5 Å². The summed E-state index contributed by atoms with van der Waals surface area (Å²) in [5.74, 6) is 0.592. The van der Waals surface area contributed by atoms with E-state index in [9.17, 15) is 0 Å². The molecular weight excluding hydrogens is 210 g/mol. The Kier molecular flexibility index (Phi) is 3.78. The van der Waals surface area contributed by atoms with Crippen LogP contribution in [0.5, 0.6) is 0 Å². The molecule has 2 unspecified atom stereocenters. The highest BCUT2D eigenvalue weighted by atomic mass is 32.2.